The Bertz CT molecular complexity index is 1490. The minimum Gasteiger partial charge on any atom is -0.374 e. The molecule has 0 bridgehead atoms. The van der Waals surface area contributed by atoms with E-state index in [0.717, 1.165) is 30.9 Å². The van der Waals surface area contributed by atoms with Gasteiger partial charge in [-0.1, -0.05) is 12.1 Å². The number of anilines is 2. The van der Waals surface area contributed by atoms with Crippen LogP contribution in [0.5, 0.6) is 0 Å². The predicted octanol–water partition coefficient (Wildman–Crippen LogP) is 4.07. The Balaban J connectivity index is 1.47. The van der Waals surface area contributed by atoms with E-state index in [9.17, 15) is 13.2 Å². The third-order valence-corrected chi connectivity index (χ3v) is 8.79. The van der Waals surface area contributed by atoms with Crippen LogP contribution >= 0.6 is 0 Å². The molecule has 3 aromatic rings. The summed E-state index contributed by atoms with van der Waals surface area (Å²) in [6.45, 7) is 9.19. The molecule has 1 aliphatic heterocycles. The molecule has 2 aliphatic rings. The van der Waals surface area contributed by atoms with Gasteiger partial charge in [0.05, 0.1) is 22.3 Å². The smallest absolute Gasteiger partial charge is 0.257 e. The van der Waals surface area contributed by atoms with Gasteiger partial charge < -0.3 is 16.0 Å². The number of amides is 1. The zero-order valence-corrected chi connectivity index (χ0v) is 24.4. The van der Waals surface area contributed by atoms with E-state index < -0.39 is 15.7 Å². The molecule has 1 saturated heterocycles. The van der Waals surface area contributed by atoms with Crippen LogP contribution in [0.4, 0.5) is 11.5 Å². The van der Waals surface area contributed by atoms with Crippen molar-refractivity contribution in [3.05, 3.63) is 76.7 Å². The summed E-state index contributed by atoms with van der Waals surface area (Å²) >= 11 is 0. The Morgan fingerprint density at radius 3 is 2.60 bits per heavy atom. The normalized spacial score (nSPS) is 18.8. The van der Waals surface area contributed by atoms with Gasteiger partial charge in [0.2, 0.25) is 0 Å². The van der Waals surface area contributed by atoms with Gasteiger partial charge in [0.25, 0.3) is 5.91 Å². The molecule has 40 heavy (non-hydrogen) atoms. The van der Waals surface area contributed by atoms with E-state index in [1.165, 1.54) is 30.7 Å². The van der Waals surface area contributed by atoms with Crippen LogP contribution in [-0.2, 0) is 9.84 Å². The molecular formula is C30H38N6O3S. The molecule has 1 aliphatic carbocycles. The second-order valence-corrected chi connectivity index (χ2v) is 13.1. The lowest BCUT2D eigenvalue weighted by Crippen LogP contribution is -2.50. The second-order valence-electron chi connectivity index (χ2n) is 11.2. The third kappa shape index (κ3) is 6.68. The number of hydrogen-bond acceptors (Lipinski definition) is 8. The Morgan fingerprint density at radius 1 is 1.15 bits per heavy atom. The highest BCUT2D eigenvalue weighted by molar-refractivity contribution is 7.90. The average molecular weight is 563 g/mol. The van der Waals surface area contributed by atoms with E-state index in [4.69, 9.17) is 4.98 Å². The number of rotatable bonds is 9. The highest BCUT2D eigenvalue weighted by atomic mass is 32.2. The van der Waals surface area contributed by atoms with Gasteiger partial charge in [-0.05, 0) is 80.5 Å². The van der Waals surface area contributed by atoms with E-state index >= 15 is 0 Å². The Labute approximate surface area is 236 Å². The average Bonchev–Trinajstić information content (AvgIpc) is 3.75. The molecule has 2 aromatic heterocycles. The Morgan fingerprint density at radius 2 is 1.95 bits per heavy atom. The highest BCUT2D eigenvalue weighted by Crippen LogP contribution is 2.40. The number of carbonyl (C=O) groups excluding carboxylic acids is 1. The van der Waals surface area contributed by atoms with Crippen molar-refractivity contribution in [2.75, 3.05) is 43.1 Å². The lowest BCUT2D eigenvalue weighted by Gasteiger charge is -2.35. The summed E-state index contributed by atoms with van der Waals surface area (Å²) in [5.74, 6) is 0.649. The lowest BCUT2D eigenvalue weighted by molar-refractivity contribution is 0.102. The van der Waals surface area contributed by atoms with E-state index in [1.807, 2.05) is 26.1 Å². The summed E-state index contributed by atoms with van der Waals surface area (Å²) in [6, 6.07) is 11.2. The molecule has 3 heterocycles. The maximum atomic E-state index is 13.2. The van der Waals surface area contributed by atoms with Gasteiger partial charge in [0, 0.05) is 56.4 Å². The van der Waals surface area contributed by atoms with Gasteiger partial charge in [-0.25, -0.2) is 13.4 Å². The van der Waals surface area contributed by atoms with Gasteiger partial charge in [0.15, 0.2) is 9.84 Å². The molecule has 1 unspecified atom stereocenters. The molecule has 2 atom stereocenters. The maximum Gasteiger partial charge on any atom is 0.257 e. The summed E-state index contributed by atoms with van der Waals surface area (Å²) in [7, 11) is -3.67. The SMILES string of the molecule is Cc1cc(NC(CN2CCN[C@H](C)C2)c2ccc(C3CC3)cn2)c(S(C)(=O)=O)cc1C(=O)Nc1ncccc1C. The van der Waals surface area contributed by atoms with Crippen LogP contribution in [0.15, 0.2) is 53.7 Å². The minimum absolute atomic E-state index is 0.0780. The first-order valence-corrected chi connectivity index (χ1v) is 15.7. The van der Waals surface area contributed by atoms with Crippen molar-refractivity contribution < 1.29 is 13.2 Å². The van der Waals surface area contributed by atoms with Crippen LogP contribution in [0.25, 0.3) is 0 Å². The summed E-state index contributed by atoms with van der Waals surface area (Å²) in [4.78, 5) is 24.7. The van der Waals surface area contributed by atoms with Crippen LogP contribution in [0.1, 0.15) is 64.5 Å². The van der Waals surface area contributed by atoms with E-state index in [2.05, 4.69) is 44.9 Å². The van der Waals surface area contributed by atoms with Gasteiger partial charge in [-0.15, -0.1) is 0 Å². The van der Waals surface area contributed by atoms with E-state index in [1.54, 1.807) is 18.3 Å². The standard InChI is InChI=1S/C30H38N6O3S/c1-19-6-5-11-32-29(19)35-30(37)24-15-28(40(4,38)39)26(14-20(24)2)34-27(18-36-13-12-31-21(3)17-36)25-10-9-23(16-33-25)22-7-8-22/h5-6,9-11,14-16,21-22,27,31,34H,7-8,12-13,17-18H2,1-4H3,(H,32,35,37)/t21-,27?/m1/s1. The molecule has 1 amide bonds. The molecule has 0 radical (unpaired) electrons. The van der Waals surface area contributed by atoms with Crippen molar-refractivity contribution in [3.8, 4) is 0 Å². The highest BCUT2D eigenvalue weighted by Gasteiger charge is 2.27. The van der Waals surface area contributed by atoms with Crippen LogP contribution in [-0.4, -0.2) is 67.7 Å². The number of aromatic nitrogens is 2. The van der Waals surface area contributed by atoms with Gasteiger partial charge in [-0.2, -0.15) is 0 Å². The lowest BCUT2D eigenvalue weighted by atomic mass is 10.0. The summed E-state index contributed by atoms with van der Waals surface area (Å²) in [6.07, 6.45) is 7.15. The first kappa shape index (κ1) is 28.2. The number of piperazine rings is 1. The molecule has 10 heteroatoms. The Hall–Kier alpha value is -3.34. The maximum absolute atomic E-state index is 13.2. The molecule has 1 saturated carbocycles. The molecular weight excluding hydrogens is 524 g/mol. The minimum atomic E-state index is -3.67. The summed E-state index contributed by atoms with van der Waals surface area (Å²) in [5, 5.41) is 9.81. The van der Waals surface area contributed by atoms with Crippen molar-refractivity contribution in [2.45, 2.75) is 56.5 Å². The quantitative estimate of drug-likeness (QED) is 0.357. The zero-order chi connectivity index (χ0) is 28.4. The van der Waals surface area contributed by atoms with Crippen molar-refractivity contribution in [1.82, 2.24) is 20.2 Å². The predicted molar refractivity (Wildman–Crippen MR) is 158 cm³/mol. The topological polar surface area (TPSA) is 116 Å². The fraction of sp³-hybridized carbons (Fsp3) is 0.433. The number of aryl methyl sites for hydroxylation is 2. The fourth-order valence-corrected chi connectivity index (χ4v) is 6.11. The molecule has 212 valence electrons. The van der Waals surface area contributed by atoms with Gasteiger partial charge in [0.1, 0.15) is 5.82 Å². The van der Waals surface area contributed by atoms with Crippen LogP contribution in [0.2, 0.25) is 0 Å². The first-order chi connectivity index (χ1) is 19.1. The van der Waals surface area contributed by atoms with Gasteiger partial charge >= 0.3 is 0 Å². The first-order valence-electron chi connectivity index (χ1n) is 13.8. The van der Waals surface area contributed by atoms with E-state index in [-0.39, 0.29) is 16.5 Å². The molecule has 0 spiro atoms. The van der Waals surface area contributed by atoms with Crippen molar-refractivity contribution >= 4 is 27.2 Å². The molecule has 9 nitrogen and oxygen atoms in total. The van der Waals surface area contributed by atoms with Crippen LogP contribution < -0.4 is 16.0 Å². The largest absolute Gasteiger partial charge is 0.374 e. The summed E-state index contributed by atoms with van der Waals surface area (Å²) < 4.78 is 26.0. The molecule has 1 aromatic carbocycles. The molecule has 3 N–H and O–H groups in total. The molecule has 2 fully saturated rings. The van der Waals surface area contributed by atoms with Gasteiger partial charge in [-0.3, -0.25) is 14.7 Å². The number of sulfone groups is 1. The molecule has 5 rings (SSSR count). The Kier molecular flexibility index (Phi) is 8.21. The monoisotopic (exact) mass is 562 g/mol. The zero-order valence-electron chi connectivity index (χ0n) is 23.6. The number of nitrogens with one attached hydrogen (secondary N) is 3. The third-order valence-electron chi connectivity index (χ3n) is 7.65. The van der Waals surface area contributed by atoms with Crippen molar-refractivity contribution in [3.63, 3.8) is 0 Å². The number of benzene rings is 1. The van der Waals surface area contributed by atoms with Crippen LogP contribution in [0.3, 0.4) is 0 Å². The van der Waals surface area contributed by atoms with Crippen molar-refractivity contribution in [1.29, 1.82) is 0 Å². The fourth-order valence-electron chi connectivity index (χ4n) is 5.26. The van der Waals surface area contributed by atoms with E-state index in [0.29, 0.717) is 35.6 Å². The number of nitrogens with zero attached hydrogens (tertiary/aromatic N) is 3. The van der Waals surface area contributed by atoms with Crippen molar-refractivity contribution in [2.24, 2.45) is 0 Å². The number of pyridine rings is 2. The van der Waals surface area contributed by atoms with Crippen LogP contribution in [0, 0.1) is 13.8 Å². The summed E-state index contributed by atoms with van der Waals surface area (Å²) in [5.41, 5.74) is 4.35. The number of carbonyl (C=O) groups is 1. The second kappa shape index (κ2) is 11.6. The number of hydrogen-bond donors (Lipinski definition) is 3.